The lowest BCUT2D eigenvalue weighted by molar-refractivity contribution is 0.1000. The molecule has 0 fully saturated rings. The third-order valence-electron chi connectivity index (χ3n) is 3.78. The summed E-state index contributed by atoms with van der Waals surface area (Å²) >= 11 is 0. The van der Waals surface area contributed by atoms with Crippen molar-refractivity contribution < 1.29 is 9.59 Å². The molecule has 0 unspecified atom stereocenters. The van der Waals surface area contributed by atoms with Crippen LogP contribution < -0.4 is 16.4 Å². The summed E-state index contributed by atoms with van der Waals surface area (Å²) in [7, 11) is 0. The fourth-order valence-electron chi connectivity index (χ4n) is 2.47. The highest BCUT2D eigenvalue weighted by Crippen LogP contribution is 2.11. The maximum Gasteiger partial charge on any atom is 0.319 e. The van der Waals surface area contributed by atoms with Crippen molar-refractivity contribution in [1.82, 2.24) is 15.1 Å². The van der Waals surface area contributed by atoms with Gasteiger partial charge < -0.3 is 16.4 Å². The fraction of sp³-hybridized carbons (Fsp3) is 0.105. The van der Waals surface area contributed by atoms with Gasteiger partial charge in [0, 0.05) is 30.2 Å². The summed E-state index contributed by atoms with van der Waals surface area (Å²) in [6.45, 7) is 0.972. The van der Waals surface area contributed by atoms with Crippen molar-refractivity contribution in [2.75, 3.05) is 5.32 Å². The maximum absolute atomic E-state index is 12.0. The van der Waals surface area contributed by atoms with E-state index < -0.39 is 5.91 Å². The fourth-order valence-corrected chi connectivity index (χ4v) is 2.47. The van der Waals surface area contributed by atoms with Gasteiger partial charge in [0.05, 0.1) is 6.54 Å². The van der Waals surface area contributed by atoms with Gasteiger partial charge in [0.2, 0.25) is 5.91 Å². The number of carbonyl (C=O) groups is 2. The van der Waals surface area contributed by atoms with E-state index in [2.05, 4.69) is 15.7 Å². The molecule has 0 spiro atoms. The van der Waals surface area contributed by atoms with E-state index in [4.69, 9.17) is 5.73 Å². The Balaban J connectivity index is 1.51. The summed E-state index contributed by atoms with van der Waals surface area (Å²) in [5, 5.41) is 9.68. The van der Waals surface area contributed by atoms with Gasteiger partial charge in [-0.1, -0.05) is 24.3 Å². The first-order valence-electron chi connectivity index (χ1n) is 8.10. The molecule has 26 heavy (non-hydrogen) atoms. The summed E-state index contributed by atoms with van der Waals surface area (Å²) < 4.78 is 1.83. The average molecular weight is 349 g/mol. The predicted molar refractivity (Wildman–Crippen MR) is 98.6 cm³/mol. The van der Waals surface area contributed by atoms with Gasteiger partial charge in [0.1, 0.15) is 0 Å². The highest BCUT2D eigenvalue weighted by atomic mass is 16.2. The Morgan fingerprint density at radius 1 is 1.04 bits per heavy atom. The molecule has 0 bridgehead atoms. The number of primary amides is 1. The van der Waals surface area contributed by atoms with Crippen molar-refractivity contribution in [3.05, 3.63) is 83.7 Å². The Morgan fingerprint density at radius 3 is 2.54 bits per heavy atom. The maximum atomic E-state index is 12.0. The molecule has 0 saturated carbocycles. The standard InChI is InChI=1S/C19H19N5O2/c20-18(25)16-4-1-3-15(11-16)12-21-19(26)23-17-7-5-14(6-8-17)13-24-10-2-9-22-24/h1-11H,12-13H2,(H2,20,25)(H2,21,23,26). The van der Waals surface area contributed by atoms with E-state index >= 15 is 0 Å². The van der Waals surface area contributed by atoms with Crippen LogP contribution in [-0.2, 0) is 13.1 Å². The minimum atomic E-state index is -0.494. The normalized spacial score (nSPS) is 10.3. The van der Waals surface area contributed by atoms with Crippen LogP contribution in [-0.4, -0.2) is 21.7 Å². The predicted octanol–water partition coefficient (Wildman–Crippen LogP) is 2.35. The first kappa shape index (κ1) is 17.2. The Bertz CT molecular complexity index is 889. The highest BCUT2D eigenvalue weighted by molar-refractivity contribution is 5.93. The number of anilines is 1. The second kappa shape index (κ2) is 7.98. The van der Waals surface area contributed by atoms with E-state index in [0.29, 0.717) is 24.3 Å². The molecule has 4 N–H and O–H groups in total. The molecule has 0 aliphatic heterocycles. The molecule has 3 rings (SSSR count). The van der Waals surface area contributed by atoms with Gasteiger partial charge in [-0.3, -0.25) is 9.48 Å². The van der Waals surface area contributed by atoms with Gasteiger partial charge in [-0.25, -0.2) is 4.79 Å². The van der Waals surface area contributed by atoms with Gasteiger partial charge >= 0.3 is 6.03 Å². The van der Waals surface area contributed by atoms with Crippen LogP contribution >= 0.6 is 0 Å². The lowest BCUT2D eigenvalue weighted by atomic mass is 10.1. The van der Waals surface area contributed by atoms with Crippen LogP contribution in [0.4, 0.5) is 10.5 Å². The second-order valence-corrected chi connectivity index (χ2v) is 5.77. The molecule has 1 aromatic heterocycles. The van der Waals surface area contributed by atoms with Crippen LogP contribution in [0.15, 0.2) is 67.0 Å². The van der Waals surface area contributed by atoms with Crippen molar-refractivity contribution >= 4 is 17.6 Å². The van der Waals surface area contributed by atoms with Crippen molar-refractivity contribution in [3.63, 3.8) is 0 Å². The number of benzene rings is 2. The topological polar surface area (TPSA) is 102 Å². The van der Waals surface area contributed by atoms with Gasteiger partial charge in [-0.2, -0.15) is 5.10 Å². The summed E-state index contributed by atoms with van der Waals surface area (Å²) in [5.41, 5.74) is 8.24. The second-order valence-electron chi connectivity index (χ2n) is 5.77. The zero-order valence-corrected chi connectivity index (χ0v) is 14.1. The molecule has 7 heteroatoms. The number of carbonyl (C=O) groups excluding carboxylic acids is 2. The number of nitrogens with zero attached hydrogens (tertiary/aromatic N) is 2. The van der Waals surface area contributed by atoms with E-state index in [9.17, 15) is 9.59 Å². The minimum absolute atomic E-state index is 0.296. The van der Waals surface area contributed by atoms with E-state index in [1.54, 1.807) is 24.4 Å². The Morgan fingerprint density at radius 2 is 1.85 bits per heavy atom. The lowest BCUT2D eigenvalue weighted by Crippen LogP contribution is -2.28. The number of hydrogen-bond donors (Lipinski definition) is 3. The molecule has 132 valence electrons. The molecule has 0 aliphatic rings. The molecule has 0 radical (unpaired) electrons. The number of urea groups is 1. The van der Waals surface area contributed by atoms with Crippen molar-refractivity contribution in [2.24, 2.45) is 5.73 Å². The van der Waals surface area contributed by atoms with E-state index in [1.807, 2.05) is 47.3 Å². The Labute approximate surface area is 150 Å². The quantitative estimate of drug-likeness (QED) is 0.636. The number of hydrogen-bond acceptors (Lipinski definition) is 3. The number of amides is 3. The van der Waals surface area contributed by atoms with Gasteiger partial charge in [0.25, 0.3) is 0 Å². The lowest BCUT2D eigenvalue weighted by Gasteiger charge is -2.09. The largest absolute Gasteiger partial charge is 0.366 e. The van der Waals surface area contributed by atoms with Crippen molar-refractivity contribution in [1.29, 1.82) is 0 Å². The first-order chi connectivity index (χ1) is 12.6. The smallest absolute Gasteiger partial charge is 0.319 e. The third-order valence-corrected chi connectivity index (χ3v) is 3.78. The van der Waals surface area contributed by atoms with Crippen LogP contribution in [0.25, 0.3) is 0 Å². The summed E-state index contributed by atoms with van der Waals surface area (Å²) in [4.78, 5) is 23.2. The number of aromatic nitrogens is 2. The summed E-state index contributed by atoms with van der Waals surface area (Å²) in [6.07, 6.45) is 3.63. The summed E-state index contributed by atoms with van der Waals surface area (Å²) in [5.74, 6) is -0.494. The average Bonchev–Trinajstić information content (AvgIpc) is 3.15. The van der Waals surface area contributed by atoms with E-state index in [-0.39, 0.29) is 6.03 Å². The number of rotatable bonds is 6. The van der Waals surface area contributed by atoms with Crippen LogP contribution in [0.2, 0.25) is 0 Å². The molecule has 3 amide bonds. The van der Waals surface area contributed by atoms with E-state index in [1.165, 1.54) is 0 Å². The molecule has 2 aromatic carbocycles. The molecule has 0 atom stereocenters. The molecular weight excluding hydrogens is 330 g/mol. The first-order valence-corrected chi connectivity index (χ1v) is 8.10. The molecule has 7 nitrogen and oxygen atoms in total. The summed E-state index contributed by atoms with van der Waals surface area (Å²) in [6, 6.07) is 15.9. The Hall–Kier alpha value is -3.61. The van der Waals surface area contributed by atoms with Gasteiger partial charge in [0.15, 0.2) is 0 Å². The molecular formula is C19H19N5O2. The Kier molecular flexibility index (Phi) is 5.28. The number of nitrogens with one attached hydrogen (secondary N) is 2. The molecule has 3 aromatic rings. The highest BCUT2D eigenvalue weighted by Gasteiger charge is 2.05. The zero-order chi connectivity index (χ0) is 18.4. The SMILES string of the molecule is NC(=O)c1cccc(CNC(=O)Nc2ccc(Cn3cccn3)cc2)c1. The van der Waals surface area contributed by atoms with E-state index in [0.717, 1.165) is 11.1 Å². The zero-order valence-electron chi connectivity index (χ0n) is 14.1. The van der Waals surface area contributed by atoms with Crippen LogP contribution in [0.1, 0.15) is 21.5 Å². The molecule has 0 aliphatic carbocycles. The van der Waals surface area contributed by atoms with Crippen molar-refractivity contribution in [2.45, 2.75) is 13.1 Å². The molecule has 1 heterocycles. The van der Waals surface area contributed by atoms with Crippen LogP contribution in [0.3, 0.4) is 0 Å². The number of nitrogens with two attached hydrogens (primary N) is 1. The van der Waals surface area contributed by atoms with Crippen LogP contribution in [0, 0.1) is 0 Å². The third kappa shape index (κ3) is 4.70. The van der Waals surface area contributed by atoms with Crippen molar-refractivity contribution in [3.8, 4) is 0 Å². The van der Waals surface area contributed by atoms with Crippen LogP contribution in [0.5, 0.6) is 0 Å². The monoisotopic (exact) mass is 349 g/mol. The van der Waals surface area contributed by atoms with Gasteiger partial charge in [-0.15, -0.1) is 0 Å². The molecule has 0 saturated heterocycles. The van der Waals surface area contributed by atoms with Gasteiger partial charge in [-0.05, 0) is 41.5 Å². The minimum Gasteiger partial charge on any atom is -0.366 e.